The third kappa shape index (κ3) is 4.94. The molecule has 0 unspecified atom stereocenters. The summed E-state index contributed by atoms with van der Waals surface area (Å²) in [7, 11) is 0. The Morgan fingerprint density at radius 3 is 1.75 bits per heavy atom. The Morgan fingerprint density at radius 2 is 0.917 bits per heavy atom. The van der Waals surface area contributed by atoms with E-state index >= 15 is 0 Å². The lowest BCUT2D eigenvalue weighted by atomic mass is 9.66. The van der Waals surface area contributed by atoms with Gasteiger partial charge in [0.1, 0.15) is 0 Å². The molecular formula is C58H44N2. The molecule has 2 nitrogen and oxygen atoms in total. The zero-order valence-electron chi connectivity index (χ0n) is 34.4. The van der Waals surface area contributed by atoms with Crippen molar-refractivity contribution in [1.82, 2.24) is 0 Å². The summed E-state index contributed by atoms with van der Waals surface area (Å²) in [6, 6.07) is 72.4. The van der Waals surface area contributed by atoms with Crippen molar-refractivity contribution in [3.63, 3.8) is 0 Å². The van der Waals surface area contributed by atoms with E-state index in [1.165, 1.54) is 99.2 Å². The van der Waals surface area contributed by atoms with Crippen LogP contribution in [0.4, 0.5) is 34.1 Å². The van der Waals surface area contributed by atoms with E-state index in [1.54, 1.807) is 0 Å². The molecule has 10 aromatic rings. The van der Waals surface area contributed by atoms with Gasteiger partial charge >= 0.3 is 0 Å². The van der Waals surface area contributed by atoms with Gasteiger partial charge < -0.3 is 9.80 Å². The molecule has 0 saturated heterocycles. The van der Waals surface area contributed by atoms with Gasteiger partial charge in [0, 0.05) is 27.3 Å². The van der Waals surface area contributed by atoms with E-state index in [-0.39, 0.29) is 10.8 Å². The fraction of sp³-hybridized carbons (Fsp3) is 0.103. The van der Waals surface area contributed by atoms with Crippen LogP contribution in [0.5, 0.6) is 0 Å². The molecule has 0 bridgehead atoms. The number of rotatable bonds is 4. The van der Waals surface area contributed by atoms with Gasteiger partial charge in [-0.05, 0) is 114 Å². The van der Waals surface area contributed by atoms with Gasteiger partial charge in [0.2, 0.25) is 0 Å². The number of benzene rings is 10. The minimum absolute atomic E-state index is 0.0912. The minimum Gasteiger partial charge on any atom is -0.309 e. The molecule has 0 fully saturated rings. The molecule has 0 saturated carbocycles. The van der Waals surface area contributed by atoms with Crippen molar-refractivity contribution in [3.05, 3.63) is 216 Å². The Bertz CT molecular complexity index is 3400. The first-order chi connectivity index (χ1) is 29.3. The van der Waals surface area contributed by atoms with Crippen LogP contribution in [0.1, 0.15) is 49.9 Å². The number of fused-ring (bicyclic) bond motifs is 9. The van der Waals surface area contributed by atoms with Gasteiger partial charge in [-0.25, -0.2) is 0 Å². The van der Waals surface area contributed by atoms with Gasteiger partial charge in [-0.15, -0.1) is 0 Å². The summed E-state index contributed by atoms with van der Waals surface area (Å²) in [6.45, 7) is 9.55. The molecule has 60 heavy (non-hydrogen) atoms. The summed E-state index contributed by atoms with van der Waals surface area (Å²) in [5.74, 6) is 0. The van der Waals surface area contributed by atoms with Crippen molar-refractivity contribution >= 4 is 77.2 Å². The zero-order valence-corrected chi connectivity index (χ0v) is 34.4. The highest BCUT2D eigenvalue weighted by molar-refractivity contribution is 6.16. The van der Waals surface area contributed by atoms with Crippen LogP contribution in [0.2, 0.25) is 0 Å². The fourth-order valence-corrected chi connectivity index (χ4v) is 10.6. The molecule has 10 aromatic carbocycles. The molecule has 12 rings (SSSR count). The minimum atomic E-state index is -0.181. The lowest BCUT2D eigenvalue weighted by Crippen LogP contribution is -2.38. The summed E-state index contributed by atoms with van der Waals surface area (Å²) in [4.78, 5) is 5.01. The Kier molecular flexibility index (Phi) is 7.36. The monoisotopic (exact) mass is 768 g/mol. The van der Waals surface area contributed by atoms with Crippen molar-refractivity contribution < 1.29 is 0 Å². The average Bonchev–Trinajstić information content (AvgIpc) is 3.29. The highest BCUT2D eigenvalue weighted by Gasteiger charge is 2.45. The van der Waals surface area contributed by atoms with E-state index in [1.807, 2.05) is 0 Å². The number of hydrogen-bond acceptors (Lipinski definition) is 2. The zero-order chi connectivity index (χ0) is 40.3. The highest BCUT2D eigenvalue weighted by atomic mass is 15.2. The molecular weight excluding hydrogens is 725 g/mol. The lowest BCUT2D eigenvalue weighted by molar-refractivity contribution is 0.597. The van der Waals surface area contributed by atoms with Gasteiger partial charge in [-0.1, -0.05) is 173 Å². The van der Waals surface area contributed by atoms with E-state index in [2.05, 4.69) is 232 Å². The molecule has 0 N–H and O–H groups in total. The lowest BCUT2D eigenvalue weighted by Gasteiger charge is -2.49. The Morgan fingerprint density at radius 1 is 0.350 bits per heavy atom. The van der Waals surface area contributed by atoms with Crippen LogP contribution in [0.15, 0.2) is 194 Å². The first-order valence-electron chi connectivity index (χ1n) is 21.2. The van der Waals surface area contributed by atoms with Crippen molar-refractivity contribution in [2.45, 2.75) is 38.5 Å². The Labute approximate surface area is 351 Å². The van der Waals surface area contributed by atoms with Crippen molar-refractivity contribution in [3.8, 4) is 11.1 Å². The van der Waals surface area contributed by atoms with Gasteiger partial charge in [0.05, 0.1) is 28.4 Å². The molecule has 2 heterocycles. The Balaban J connectivity index is 1.000. The van der Waals surface area contributed by atoms with Crippen LogP contribution < -0.4 is 9.80 Å². The summed E-state index contributed by atoms with van der Waals surface area (Å²) in [5.41, 5.74) is 15.0. The maximum absolute atomic E-state index is 2.54. The average molecular weight is 769 g/mol. The predicted molar refractivity (Wildman–Crippen MR) is 256 cm³/mol. The van der Waals surface area contributed by atoms with E-state index in [9.17, 15) is 0 Å². The van der Waals surface area contributed by atoms with Crippen LogP contribution in [0, 0.1) is 0 Å². The highest BCUT2D eigenvalue weighted by Crippen LogP contribution is 2.60. The molecule has 0 spiro atoms. The molecule has 0 atom stereocenters. The van der Waals surface area contributed by atoms with E-state index in [0.717, 1.165) is 11.4 Å². The van der Waals surface area contributed by atoms with Crippen LogP contribution >= 0.6 is 0 Å². The molecule has 2 aliphatic heterocycles. The molecule has 0 amide bonds. The maximum atomic E-state index is 2.54. The normalized spacial score (nSPS) is 14.6. The van der Waals surface area contributed by atoms with Gasteiger partial charge in [0.25, 0.3) is 0 Å². The van der Waals surface area contributed by atoms with Crippen LogP contribution in [0.3, 0.4) is 0 Å². The molecule has 0 aromatic heterocycles. The standard InChI is InChI=1S/C58H44N2/c1-57(2)48-22-11-12-25-53(48)60-54-32-30-41(35-51(54)58(3,4)50-24-14-23-49(57)56(50)60)38-27-28-40-34-43(31-29-39(40)33-38)59(52-26-13-17-37-15-5-8-19-45(37)52)55-36-42-16-6-7-18-44(42)46-20-9-10-21-47(46)55/h5-36H,1-4H3. The second kappa shape index (κ2) is 12.7. The third-order valence-electron chi connectivity index (χ3n) is 13.7. The van der Waals surface area contributed by atoms with Crippen molar-refractivity contribution in [2.75, 3.05) is 9.80 Å². The number of anilines is 6. The SMILES string of the molecule is CC1(C)c2ccccc2N2c3ccc(-c4ccc5cc(N(c6cccc7ccccc67)c6cc7ccccc7c7ccccc67)ccc5c4)cc3C(C)(C)c3cccc1c32. The van der Waals surface area contributed by atoms with Gasteiger partial charge in [0.15, 0.2) is 0 Å². The fourth-order valence-electron chi connectivity index (χ4n) is 10.6. The first kappa shape index (κ1) is 34.8. The number of para-hydroxylation sites is 2. The molecule has 286 valence electrons. The first-order valence-corrected chi connectivity index (χ1v) is 21.2. The maximum Gasteiger partial charge on any atom is 0.0546 e. The second-order valence-electron chi connectivity index (χ2n) is 17.8. The van der Waals surface area contributed by atoms with Crippen molar-refractivity contribution in [2.24, 2.45) is 0 Å². The quantitative estimate of drug-likeness (QED) is 0.165. The topological polar surface area (TPSA) is 6.48 Å². The van der Waals surface area contributed by atoms with Crippen LogP contribution in [-0.4, -0.2) is 0 Å². The largest absolute Gasteiger partial charge is 0.309 e. The summed E-state index contributed by atoms with van der Waals surface area (Å²) < 4.78 is 0. The second-order valence-corrected chi connectivity index (χ2v) is 17.8. The Hall–Kier alpha value is -7.16. The van der Waals surface area contributed by atoms with Gasteiger partial charge in [-0.2, -0.15) is 0 Å². The molecule has 2 aliphatic rings. The molecule has 0 radical (unpaired) electrons. The van der Waals surface area contributed by atoms with E-state index in [0.29, 0.717) is 0 Å². The summed E-state index contributed by atoms with van der Waals surface area (Å²) in [5, 5.41) is 9.85. The molecule has 2 heteroatoms. The summed E-state index contributed by atoms with van der Waals surface area (Å²) in [6.07, 6.45) is 0. The third-order valence-corrected chi connectivity index (χ3v) is 13.7. The smallest absolute Gasteiger partial charge is 0.0546 e. The number of nitrogens with zero attached hydrogens (tertiary/aromatic N) is 2. The predicted octanol–water partition coefficient (Wildman–Crippen LogP) is 16.2. The van der Waals surface area contributed by atoms with Crippen LogP contribution in [0.25, 0.3) is 54.2 Å². The molecule has 0 aliphatic carbocycles. The van der Waals surface area contributed by atoms with E-state index in [4.69, 9.17) is 0 Å². The summed E-state index contributed by atoms with van der Waals surface area (Å²) >= 11 is 0. The van der Waals surface area contributed by atoms with Crippen molar-refractivity contribution in [1.29, 1.82) is 0 Å². The van der Waals surface area contributed by atoms with Gasteiger partial charge in [-0.3, -0.25) is 0 Å². The van der Waals surface area contributed by atoms with Crippen LogP contribution in [-0.2, 0) is 10.8 Å². The van der Waals surface area contributed by atoms with E-state index < -0.39 is 0 Å². The number of hydrogen-bond donors (Lipinski definition) is 0.